The number of fused-ring (bicyclic) bond motifs is 2. The number of aryl methyl sites for hydroxylation is 1. The second-order valence-electron chi connectivity index (χ2n) is 10.4. The van der Waals surface area contributed by atoms with Crippen molar-refractivity contribution in [3.05, 3.63) is 53.0 Å². The summed E-state index contributed by atoms with van der Waals surface area (Å²) in [6.45, 7) is 13.2. The van der Waals surface area contributed by atoms with E-state index in [2.05, 4.69) is 72.1 Å². The minimum Gasteiger partial charge on any atom is -0.378 e. The van der Waals surface area contributed by atoms with Crippen molar-refractivity contribution in [3.63, 3.8) is 0 Å². The van der Waals surface area contributed by atoms with Gasteiger partial charge in [-0.1, -0.05) is 26.8 Å². The molecule has 2 fully saturated rings. The molecule has 5 heterocycles. The van der Waals surface area contributed by atoms with Crippen molar-refractivity contribution < 1.29 is 4.74 Å². The van der Waals surface area contributed by atoms with E-state index in [9.17, 15) is 0 Å². The monoisotopic (exact) mass is 457 g/mol. The molecule has 3 aromatic heterocycles. The Labute approximate surface area is 201 Å². The van der Waals surface area contributed by atoms with E-state index < -0.39 is 0 Å². The lowest BCUT2D eigenvalue weighted by Crippen LogP contribution is -2.51. The first kappa shape index (κ1) is 21.8. The molecule has 178 valence electrons. The van der Waals surface area contributed by atoms with Crippen LogP contribution in [0.4, 0.5) is 0 Å². The van der Waals surface area contributed by atoms with Gasteiger partial charge in [0.1, 0.15) is 6.33 Å². The van der Waals surface area contributed by atoms with Crippen LogP contribution in [0.15, 0.2) is 30.7 Å². The number of pyridine rings is 1. The van der Waals surface area contributed by atoms with Crippen LogP contribution in [0, 0.1) is 6.92 Å². The molecule has 0 aliphatic carbocycles. The topological polar surface area (TPSA) is 58.5 Å². The predicted octanol–water partition coefficient (Wildman–Crippen LogP) is 5.45. The lowest BCUT2D eigenvalue weighted by molar-refractivity contribution is -0.0712. The molecule has 0 amide bonds. The minimum atomic E-state index is 0.412. The Hall–Kier alpha value is -2.70. The van der Waals surface area contributed by atoms with Gasteiger partial charge in [0.15, 0.2) is 5.65 Å². The van der Waals surface area contributed by atoms with Crippen LogP contribution in [0.3, 0.4) is 0 Å². The second kappa shape index (κ2) is 8.51. The number of H-pyrrole nitrogens is 1. The Morgan fingerprint density at radius 2 is 1.97 bits per heavy atom. The summed E-state index contributed by atoms with van der Waals surface area (Å²) in [5.41, 5.74) is 10.1. The van der Waals surface area contributed by atoms with Gasteiger partial charge in [-0.2, -0.15) is 5.10 Å². The Morgan fingerprint density at radius 3 is 2.65 bits per heavy atom. The fourth-order valence-corrected chi connectivity index (χ4v) is 6.11. The summed E-state index contributed by atoms with van der Waals surface area (Å²) in [4.78, 5) is 10.9. The van der Waals surface area contributed by atoms with E-state index in [-0.39, 0.29) is 0 Å². The average molecular weight is 458 g/mol. The number of rotatable bonds is 5. The number of hydrogen-bond donors (Lipinski definition) is 1. The van der Waals surface area contributed by atoms with Gasteiger partial charge in [-0.25, -0.2) is 9.50 Å². The lowest BCUT2D eigenvalue weighted by Gasteiger charge is -2.41. The summed E-state index contributed by atoms with van der Waals surface area (Å²) in [5, 5.41) is 5.84. The third-order valence-corrected chi connectivity index (χ3v) is 8.15. The fourth-order valence-electron chi connectivity index (χ4n) is 6.11. The first-order valence-electron chi connectivity index (χ1n) is 12.8. The number of nitrogens with one attached hydrogen (secondary N) is 1. The lowest BCUT2D eigenvalue weighted by atomic mass is 9.87. The molecule has 2 aliphatic heterocycles. The van der Waals surface area contributed by atoms with Crippen molar-refractivity contribution in [2.45, 2.75) is 64.8 Å². The minimum absolute atomic E-state index is 0.412. The number of benzene rings is 1. The van der Waals surface area contributed by atoms with Crippen molar-refractivity contribution in [3.8, 4) is 11.3 Å². The molecule has 6 rings (SSSR count). The number of aromatic amines is 1. The van der Waals surface area contributed by atoms with Gasteiger partial charge < -0.3 is 9.72 Å². The van der Waals surface area contributed by atoms with Crippen LogP contribution in [0.25, 0.3) is 27.8 Å². The quantitative estimate of drug-likeness (QED) is 0.433. The molecule has 6 heteroatoms. The molecular formula is C28H35N5O. The molecule has 2 aliphatic rings. The van der Waals surface area contributed by atoms with Crippen LogP contribution in [0.5, 0.6) is 0 Å². The number of likely N-dealkylation sites (tertiary alicyclic amines) is 1. The van der Waals surface area contributed by atoms with Crippen LogP contribution < -0.4 is 0 Å². The predicted molar refractivity (Wildman–Crippen MR) is 137 cm³/mol. The van der Waals surface area contributed by atoms with Crippen molar-refractivity contribution >= 4 is 16.6 Å². The molecule has 0 bridgehead atoms. The van der Waals surface area contributed by atoms with E-state index in [0.717, 1.165) is 25.3 Å². The van der Waals surface area contributed by atoms with E-state index in [0.29, 0.717) is 17.9 Å². The SMILES string of the molecule is CCc1c(C)c(-c2[nH]c3ccc(C4CCN(C5COC5)CC4)cc3c2C(C)C)cn2ncnc12. The summed E-state index contributed by atoms with van der Waals surface area (Å²) in [5.74, 6) is 1.05. The third kappa shape index (κ3) is 3.46. The van der Waals surface area contributed by atoms with Crippen LogP contribution in [0.2, 0.25) is 0 Å². The molecule has 6 nitrogen and oxygen atoms in total. The zero-order valence-electron chi connectivity index (χ0n) is 20.8. The van der Waals surface area contributed by atoms with E-state index in [1.54, 1.807) is 6.33 Å². The maximum absolute atomic E-state index is 5.41. The van der Waals surface area contributed by atoms with Gasteiger partial charge in [-0.3, -0.25) is 4.90 Å². The van der Waals surface area contributed by atoms with E-state index in [4.69, 9.17) is 4.74 Å². The van der Waals surface area contributed by atoms with Gasteiger partial charge in [0.25, 0.3) is 0 Å². The molecule has 0 spiro atoms. The fraction of sp³-hybridized carbons (Fsp3) is 0.500. The highest BCUT2D eigenvalue weighted by Crippen LogP contribution is 2.40. The van der Waals surface area contributed by atoms with Crippen molar-refractivity contribution in [2.75, 3.05) is 26.3 Å². The number of aromatic nitrogens is 4. The zero-order chi connectivity index (χ0) is 23.4. The third-order valence-electron chi connectivity index (χ3n) is 8.15. The van der Waals surface area contributed by atoms with Crippen LogP contribution in [-0.4, -0.2) is 56.8 Å². The zero-order valence-corrected chi connectivity index (χ0v) is 20.8. The normalized spacial score (nSPS) is 18.4. The summed E-state index contributed by atoms with van der Waals surface area (Å²) in [6.07, 6.45) is 7.21. The highest BCUT2D eigenvalue weighted by atomic mass is 16.5. The Bertz CT molecular complexity index is 1340. The van der Waals surface area contributed by atoms with Gasteiger partial charge in [0, 0.05) is 28.2 Å². The van der Waals surface area contributed by atoms with Crippen molar-refractivity contribution in [1.29, 1.82) is 0 Å². The summed E-state index contributed by atoms with van der Waals surface area (Å²) >= 11 is 0. The van der Waals surface area contributed by atoms with Crippen LogP contribution >= 0.6 is 0 Å². The molecule has 0 atom stereocenters. The van der Waals surface area contributed by atoms with E-state index in [1.165, 1.54) is 70.3 Å². The molecule has 0 unspecified atom stereocenters. The number of piperidine rings is 1. The molecule has 0 radical (unpaired) electrons. The van der Waals surface area contributed by atoms with Gasteiger partial charge in [-0.05, 0) is 79.9 Å². The Kier molecular flexibility index (Phi) is 5.46. The molecule has 1 aromatic carbocycles. The van der Waals surface area contributed by atoms with Crippen molar-refractivity contribution in [1.82, 2.24) is 24.5 Å². The summed E-state index contributed by atoms with van der Waals surface area (Å²) < 4.78 is 7.34. The molecule has 0 saturated carbocycles. The molecule has 1 N–H and O–H groups in total. The van der Waals surface area contributed by atoms with Crippen LogP contribution in [-0.2, 0) is 11.2 Å². The van der Waals surface area contributed by atoms with Gasteiger partial charge in [0.05, 0.1) is 24.9 Å². The van der Waals surface area contributed by atoms with E-state index in [1.807, 2.05) is 4.52 Å². The maximum atomic E-state index is 5.41. The summed E-state index contributed by atoms with van der Waals surface area (Å²) in [6, 6.07) is 7.78. The van der Waals surface area contributed by atoms with Crippen LogP contribution in [0.1, 0.15) is 67.7 Å². The van der Waals surface area contributed by atoms with Gasteiger partial charge >= 0.3 is 0 Å². The first-order chi connectivity index (χ1) is 16.5. The summed E-state index contributed by atoms with van der Waals surface area (Å²) in [7, 11) is 0. The van der Waals surface area contributed by atoms with E-state index >= 15 is 0 Å². The van der Waals surface area contributed by atoms with Crippen molar-refractivity contribution in [2.24, 2.45) is 0 Å². The molecule has 34 heavy (non-hydrogen) atoms. The maximum Gasteiger partial charge on any atom is 0.158 e. The average Bonchev–Trinajstić information content (AvgIpc) is 3.42. The Morgan fingerprint density at radius 1 is 1.18 bits per heavy atom. The number of nitrogens with zero attached hydrogens (tertiary/aromatic N) is 4. The highest BCUT2D eigenvalue weighted by Gasteiger charge is 2.30. The number of hydrogen-bond acceptors (Lipinski definition) is 4. The second-order valence-corrected chi connectivity index (χ2v) is 10.4. The molecule has 4 aromatic rings. The van der Waals surface area contributed by atoms with Gasteiger partial charge in [-0.15, -0.1) is 0 Å². The molecular weight excluding hydrogens is 422 g/mol. The standard InChI is InChI=1S/C28H35N5O/c1-5-22-18(4)24(13-33-28(22)29-16-30-33)27-26(17(2)3)23-12-20(6-7-25(23)31-27)19-8-10-32(11-9-19)21-14-34-15-21/h6-7,12-13,16-17,19,21,31H,5,8-11,14-15H2,1-4H3. The molecule has 2 saturated heterocycles. The Balaban J connectivity index is 1.41. The largest absolute Gasteiger partial charge is 0.378 e. The highest BCUT2D eigenvalue weighted by molar-refractivity contribution is 5.92. The smallest absolute Gasteiger partial charge is 0.158 e. The first-order valence-corrected chi connectivity index (χ1v) is 12.8. The van der Waals surface area contributed by atoms with Gasteiger partial charge in [0.2, 0.25) is 0 Å². The number of ether oxygens (including phenoxy) is 1.